The van der Waals surface area contributed by atoms with E-state index < -0.39 is 29.2 Å². The minimum atomic E-state index is -1.58. The number of ether oxygens (including phenoxy) is 2. The van der Waals surface area contributed by atoms with Crippen molar-refractivity contribution in [1.29, 1.82) is 0 Å². The summed E-state index contributed by atoms with van der Waals surface area (Å²) in [6.07, 6.45) is -0.365. The number of rotatable bonds is 13. The highest BCUT2D eigenvalue weighted by molar-refractivity contribution is 9.10. The number of hydrogen-bond donors (Lipinski definition) is 2. The molecule has 4 aromatic carbocycles. The van der Waals surface area contributed by atoms with Gasteiger partial charge in [0.25, 0.3) is 5.91 Å². The van der Waals surface area contributed by atoms with E-state index in [4.69, 9.17) is 25.1 Å². The number of hydrogen-bond acceptors (Lipinski definition) is 6. The van der Waals surface area contributed by atoms with Gasteiger partial charge in [0.15, 0.2) is 23.3 Å². The molecule has 46 heavy (non-hydrogen) atoms. The zero-order chi connectivity index (χ0) is 32.5. The first-order chi connectivity index (χ1) is 22.3. The van der Waals surface area contributed by atoms with Crippen LogP contribution in [0.3, 0.4) is 0 Å². The van der Waals surface area contributed by atoms with Gasteiger partial charge >= 0.3 is 0 Å². The van der Waals surface area contributed by atoms with E-state index in [1.807, 2.05) is 48.5 Å². The van der Waals surface area contributed by atoms with Gasteiger partial charge in [0.05, 0.1) is 13.2 Å². The van der Waals surface area contributed by atoms with Crippen LogP contribution in [0.5, 0.6) is 5.75 Å². The second-order valence-electron chi connectivity index (χ2n) is 10.6. The Bertz CT molecular complexity index is 1780. The Kier molecular flexibility index (Phi) is 10.6. The predicted molar refractivity (Wildman–Crippen MR) is 172 cm³/mol. The average Bonchev–Trinajstić information content (AvgIpc) is 3.45. The number of halogens is 3. The lowest BCUT2D eigenvalue weighted by molar-refractivity contribution is -0.129. The van der Waals surface area contributed by atoms with Crippen LogP contribution in [-0.2, 0) is 29.0 Å². The number of carbonyl (C=O) groups is 1. The Labute approximate surface area is 272 Å². The van der Waals surface area contributed by atoms with Crippen molar-refractivity contribution in [2.45, 2.75) is 37.6 Å². The fourth-order valence-corrected chi connectivity index (χ4v) is 5.71. The molecular weight excluding hydrogens is 660 g/mol. The van der Waals surface area contributed by atoms with Crippen LogP contribution >= 0.6 is 15.9 Å². The lowest BCUT2D eigenvalue weighted by atomic mass is 9.81. The van der Waals surface area contributed by atoms with Crippen LogP contribution in [0.2, 0.25) is 0 Å². The summed E-state index contributed by atoms with van der Waals surface area (Å²) in [5.41, 5.74) is 10.5. The molecule has 2 N–H and O–H groups in total. The molecule has 0 bridgehead atoms. The van der Waals surface area contributed by atoms with E-state index >= 15 is 0 Å². The predicted octanol–water partition coefficient (Wildman–Crippen LogP) is 7.11. The molecule has 0 spiro atoms. The zero-order valence-corrected chi connectivity index (χ0v) is 26.2. The van der Waals surface area contributed by atoms with E-state index in [0.717, 1.165) is 17.7 Å². The monoisotopic (exact) mass is 689 g/mol. The highest BCUT2D eigenvalue weighted by Crippen LogP contribution is 2.45. The van der Waals surface area contributed by atoms with Crippen LogP contribution in [0.1, 0.15) is 40.3 Å². The van der Waals surface area contributed by atoms with Gasteiger partial charge in [-0.25, -0.2) is 13.8 Å². The fourth-order valence-electron chi connectivity index (χ4n) is 5.21. The van der Waals surface area contributed by atoms with Crippen molar-refractivity contribution >= 4 is 27.7 Å². The van der Waals surface area contributed by atoms with Crippen molar-refractivity contribution < 1.29 is 28.2 Å². The lowest BCUT2D eigenvalue weighted by Gasteiger charge is -2.32. The van der Waals surface area contributed by atoms with Crippen LogP contribution in [-0.4, -0.2) is 35.7 Å². The third-order valence-electron chi connectivity index (χ3n) is 7.54. The summed E-state index contributed by atoms with van der Waals surface area (Å²) in [5, 5.41) is 15.7. The van der Waals surface area contributed by atoms with Crippen molar-refractivity contribution in [2.75, 3.05) is 13.2 Å². The zero-order valence-electron chi connectivity index (χ0n) is 24.6. The van der Waals surface area contributed by atoms with Gasteiger partial charge in [-0.05, 0) is 64.7 Å². The number of aliphatic imine (C=N–C) groups is 1. The van der Waals surface area contributed by atoms with Crippen molar-refractivity contribution in [2.24, 2.45) is 10.1 Å². The summed E-state index contributed by atoms with van der Waals surface area (Å²) in [6, 6.07) is 25.2. The number of aliphatic hydroxyl groups excluding tert-OH is 1. The van der Waals surface area contributed by atoms with Crippen LogP contribution in [0, 0.1) is 11.6 Å². The number of azide groups is 1. The van der Waals surface area contributed by atoms with E-state index in [1.165, 1.54) is 6.07 Å². The fraction of sp³-hybridized carbons (Fsp3) is 0.235. The highest BCUT2D eigenvalue weighted by Gasteiger charge is 2.54. The van der Waals surface area contributed by atoms with Crippen LogP contribution in [0.25, 0.3) is 10.4 Å². The normalized spacial score (nSPS) is 17.0. The van der Waals surface area contributed by atoms with Gasteiger partial charge < -0.3 is 19.9 Å². The molecule has 0 aromatic heterocycles. The van der Waals surface area contributed by atoms with Gasteiger partial charge in [-0.15, -0.1) is 0 Å². The lowest BCUT2D eigenvalue weighted by Crippen LogP contribution is -2.50. The molecule has 0 fully saturated rings. The summed E-state index contributed by atoms with van der Waals surface area (Å²) in [7, 11) is 0. The minimum Gasteiger partial charge on any atom is -0.494 e. The Morgan fingerprint density at radius 3 is 2.50 bits per heavy atom. The Morgan fingerprint density at radius 2 is 1.78 bits per heavy atom. The Hall–Kier alpha value is -4.77. The molecule has 5 rings (SSSR count). The average molecular weight is 691 g/mol. The summed E-state index contributed by atoms with van der Waals surface area (Å²) >= 11 is 3.62. The molecule has 1 heterocycles. The van der Waals surface area contributed by atoms with Crippen LogP contribution in [0.15, 0.2) is 106 Å². The maximum atomic E-state index is 14.5. The third-order valence-corrected chi connectivity index (χ3v) is 8.26. The molecule has 0 aliphatic carbocycles. The van der Waals surface area contributed by atoms with Crippen molar-refractivity contribution in [3.63, 3.8) is 0 Å². The second kappa shape index (κ2) is 15.0. The van der Waals surface area contributed by atoms with Crippen molar-refractivity contribution in [3.8, 4) is 5.75 Å². The van der Waals surface area contributed by atoms with E-state index in [0.29, 0.717) is 45.5 Å². The van der Waals surface area contributed by atoms with E-state index in [9.17, 15) is 13.6 Å². The topological polar surface area (TPSA) is 129 Å². The maximum Gasteiger partial charge on any atom is 0.252 e. The first-order valence-corrected chi connectivity index (χ1v) is 15.3. The molecule has 1 amide bonds. The summed E-state index contributed by atoms with van der Waals surface area (Å²) < 4.78 is 40.5. The summed E-state index contributed by atoms with van der Waals surface area (Å²) in [6.45, 7) is 0.346. The summed E-state index contributed by atoms with van der Waals surface area (Å²) in [4.78, 5) is 22.4. The molecule has 4 aromatic rings. The SMILES string of the molecule is [N-]=[N+]=NCc1ccccc1C[C@@]1(C(=O)NCc2ccc(F)c(F)c2)N=C(c2ccc(OCCCO)cc2)O[C@@H]1c1ccccc1Br. The van der Waals surface area contributed by atoms with E-state index in [1.54, 1.807) is 24.3 Å². The maximum absolute atomic E-state index is 14.5. The number of nitrogens with one attached hydrogen (secondary N) is 1. The molecule has 0 saturated heterocycles. The van der Waals surface area contributed by atoms with Gasteiger partial charge in [0.1, 0.15) is 5.75 Å². The summed E-state index contributed by atoms with van der Waals surface area (Å²) in [5.74, 6) is -1.69. The standard InChI is InChI=1S/C34H30BrF2N5O4/c35-28-9-4-3-8-27(28)31-34(19-24-6-1-2-7-25(24)21-40-42-38,33(44)39-20-22-10-15-29(36)30(37)18-22)41-32(46-31)23-11-13-26(14-12-23)45-17-5-16-43/h1-4,6-15,18,31,43H,5,16-17,19-21H2,(H,39,44)/t31-,34-/m1/s1. The third kappa shape index (κ3) is 7.37. The molecule has 0 unspecified atom stereocenters. The number of amides is 1. The van der Waals surface area contributed by atoms with Gasteiger partial charge in [0, 0.05) is 46.5 Å². The second-order valence-corrected chi connectivity index (χ2v) is 11.4. The minimum absolute atomic E-state index is 0.0192. The first-order valence-electron chi connectivity index (χ1n) is 14.5. The largest absolute Gasteiger partial charge is 0.494 e. The first kappa shape index (κ1) is 32.6. The highest BCUT2D eigenvalue weighted by atomic mass is 79.9. The molecule has 9 nitrogen and oxygen atoms in total. The van der Waals surface area contributed by atoms with Crippen molar-refractivity contribution in [1.82, 2.24) is 5.32 Å². The van der Waals surface area contributed by atoms with Gasteiger partial charge in [-0.3, -0.25) is 4.79 Å². The number of aliphatic hydroxyl groups is 1. The molecule has 0 saturated carbocycles. The number of nitrogens with zero attached hydrogens (tertiary/aromatic N) is 4. The molecule has 1 aliphatic heterocycles. The van der Waals surface area contributed by atoms with E-state index in [2.05, 4.69) is 31.3 Å². The number of carbonyl (C=O) groups excluding carboxylic acids is 1. The van der Waals surface area contributed by atoms with Gasteiger partial charge in [-0.2, -0.15) is 0 Å². The van der Waals surface area contributed by atoms with E-state index in [-0.39, 0.29) is 32.0 Å². The Morgan fingerprint density at radius 1 is 1.04 bits per heavy atom. The van der Waals surface area contributed by atoms with Crippen LogP contribution in [0.4, 0.5) is 8.78 Å². The van der Waals surface area contributed by atoms with Gasteiger partial charge in [0.2, 0.25) is 5.90 Å². The molecule has 2 atom stereocenters. The molecule has 12 heteroatoms. The van der Waals surface area contributed by atoms with Gasteiger partial charge in [-0.1, -0.05) is 69.6 Å². The molecular formula is C34H30BrF2N5O4. The molecule has 0 radical (unpaired) electrons. The molecule has 1 aliphatic rings. The van der Waals surface area contributed by atoms with Crippen molar-refractivity contribution in [3.05, 3.63) is 145 Å². The number of benzene rings is 4. The Balaban J connectivity index is 1.60. The molecule has 236 valence electrons. The van der Waals surface area contributed by atoms with Crippen LogP contribution < -0.4 is 10.1 Å². The quantitative estimate of drug-likeness (QED) is 0.0671. The smallest absolute Gasteiger partial charge is 0.252 e.